The molecule has 1 saturated heterocycles. The Kier molecular flexibility index (Phi) is 10.6. The molecule has 2 N–H and O–H groups in total. The number of pyridine rings is 1. The summed E-state index contributed by atoms with van der Waals surface area (Å²) in [5.74, 6) is 1.90. The fraction of sp³-hybridized carbons (Fsp3) is 0.667. The summed E-state index contributed by atoms with van der Waals surface area (Å²) in [5.41, 5.74) is 0.955. The van der Waals surface area contributed by atoms with E-state index in [-0.39, 0.29) is 35.9 Å². The highest BCUT2D eigenvalue weighted by atomic mass is 127. The smallest absolute Gasteiger partial charge is 0.225 e. The molecule has 1 aliphatic carbocycles. The highest BCUT2D eigenvalue weighted by Crippen LogP contribution is 2.27. The van der Waals surface area contributed by atoms with Gasteiger partial charge in [-0.2, -0.15) is 0 Å². The summed E-state index contributed by atoms with van der Waals surface area (Å²) >= 11 is 0. The number of nitrogens with one attached hydrogen (secondary N) is 2. The average molecular weight is 531 g/mol. The number of amides is 1. The molecule has 0 spiro atoms. The minimum atomic E-state index is 0. The maximum atomic E-state index is 12.6. The van der Waals surface area contributed by atoms with Gasteiger partial charge < -0.3 is 25.0 Å². The monoisotopic (exact) mass is 531 g/mol. The van der Waals surface area contributed by atoms with Gasteiger partial charge in [0.1, 0.15) is 6.61 Å². The van der Waals surface area contributed by atoms with E-state index in [2.05, 4.69) is 20.6 Å². The van der Waals surface area contributed by atoms with Crippen LogP contribution in [0.1, 0.15) is 37.7 Å². The van der Waals surface area contributed by atoms with Crippen LogP contribution in [0.4, 0.5) is 0 Å². The number of ether oxygens (including phenoxy) is 2. The molecule has 2 fully saturated rings. The van der Waals surface area contributed by atoms with Crippen molar-refractivity contribution in [3.8, 4) is 5.88 Å². The van der Waals surface area contributed by atoms with Crippen LogP contribution in [-0.4, -0.2) is 68.3 Å². The predicted molar refractivity (Wildman–Crippen MR) is 127 cm³/mol. The van der Waals surface area contributed by atoms with Gasteiger partial charge in [-0.1, -0.05) is 18.9 Å². The number of hydrogen-bond acceptors (Lipinski definition) is 5. The summed E-state index contributed by atoms with van der Waals surface area (Å²) in [6.45, 7) is 3.09. The van der Waals surface area contributed by atoms with Crippen LogP contribution in [0.2, 0.25) is 0 Å². The van der Waals surface area contributed by atoms with Crippen molar-refractivity contribution in [2.75, 3.05) is 40.5 Å². The van der Waals surface area contributed by atoms with Gasteiger partial charge in [-0.15, -0.1) is 24.0 Å². The van der Waals surface area contributed by atoms with Crippen LogP contribution in [0, 0.1) is 5.92 Å². The fourth-order valence-corrected chi connectivity index (χ4v) is 3.99. The lowest BCUT2D eigenvalue weighted by Crippen LogP contribution is -2.45. The van der Waals surface area contributed by atoms with Crippen molar-refractivity contribution < 1.29 is 14.3 Å². The van der Waals surface area contributed by atoms with Crippen molar-refractivity contribution in [3.05, 3.63) is 23.9 Å². The summed E-state index contributed by atoms with van der Waals surface area (Å²) < 4.78 is 10.7. The molecule has 0 radical (unpaired) electrons. The quantitative estimate of drug-likeness (QED) is 0.232. The molecule has 1 amide bonds. The Balaban J connectivity index is 0.00000320. The standard InChI is InChI=1S/C21H33N5O3.HI/c1-22-21(24-14-17-8-5-10-23-19(17)29-13-12-28-2)25-18-9-11-26(15-18)20(27)16-6-3-4-7-16;/h5,8,10,16,18H,3-4,6-7,9,11-15H2,1-2H3,(H2,22,24,25);1H. The highest BCUT2D eigenvalue weighted by molar-refractivity contribution is 14.0. The lowest BCUT2D eigenvalue weighted by Gasteiger charge is -2.21. The molecular formula is C21H34IN5O3. The van der Waals surface area contributed by atoms with Gasteiger partial charge in [0.25, 0.3) is 0 Å². The molecule has 1 saturated carbocycles. The third kappa shape index (κ3) is 6.97. The number of likely N-dealkylation sites (tertiary alicyclic amines) is 1. The topological polar surface area (TPSA) is 88.1 Å². The van der Waals surface area contributed by atoms with Crippen LogP contribution in [0.5, 0.6) is 5.88 Å². The lowest BCUT2D eigenvalue weighted by atomic mass is 10.1. The molecule has 1 aromatic rings. The molecule has 0 aromatic carbocycles. The molecule has 8 nitrogen and oxygen atoms in total. The van der Waals surface area contributed by atoms with Crippen LogP contribution < -0.4 is 15.4 Å². The van der Waals surface area contributed by atoms with Gasteiger partial charge in [-0.05, 0) is 25.3 Å². The Morgan fingerprint density at radius 2 is 2.10 bits per heavy atom. The first-order valence-electron chi connectivity index (χ1n) is 10.5. The molecular weight excluding hydrogens is 497 g/mol. The Labute approximate surface area is 196 Å². The molecule has 2 aliphatic rings. The number of rotatable bonds is 8. The number of carbonyl (C=O) groups is 1. The maximum Gasteiger partial charge on any atom is 0.225 e. The van der Waals surface area contributed by atoms with Gasteiger partial charge in [0.05, 0.1) is 6.61 Å². The molecule has 1 atom stereocenters. The van der Waals surface area contributed by atoms with Crippen LogP contribution in [0.25, 0.3) is 0 Å². The number of hydrogen-bond donors (Lipinski definition) is 2. The predicted octanol–water partition coefficient (Wildman–Crippen LogP) is 2.18. The zero-order valence-corrected chi connectivity index (χ0v) is 20.3. The van der Waals surface area contributed by atoms with E-state index in [0.717, 1.165) is 43.9 Å². The fourth-order valence-electron chi connectivity index (χ4n) is 3.99. The molecule has 1 aromatic heterocycles. The van der Waals surface area contributed by atoms with Crippen molar-refractivity contribution >= 4 is 35.8 Å². The summed E-state index contributed by atoms with van der Waals surface area (Å²) in [6.07, 6.45) is 7.14. The Morgan fingerprint density at radius 1 is 1.30 bits per heavy atom. The van der Waals surface area contributed by atoms with Gasteiger partial charge in [0.15, 0.2) is 5.96 Å². The van der Waals surface area contributed by atoms with Crippen molar-refractivity contribution in [2.24, 2.45) is 10.9 Å². The van der Waals surface area contributed by atoms with Gasteiger partial charge in [0, 0.05) is 57.5 Å². The number of methoxy groups -OCH3 is 1. The third-order valence-electron chi connectivity index (χ3n) is 5.59. The minimum Gasteiger partial charge on any atom is -0.475 e. The van der Waals surface area contributed by atoms with Crippen LogP contribution in [0.15, 0.2) is 23.3 Å². The second-order valence-corrected chi connectivity index (χ2v) is 7.63. The van der Waals surface area contributed by atoms with Gasteiger partial charge in [-0.25, -0.2) is 4.98 Å². The Morgan fingerprint density at radius 3 is 2.83 bits per heavy atom. The third-order valence-corrected chi connectivity index (χ3v) is 5.59. The van der Waals surface area contributed by atoms with Gasteiger partial charge in [-0.3, -0.25) is 9.79 Å². The summed E-state index contributed by atoms with van der Waals surface area (Å²) in [4.78, 5) is 23.3. The SMILES string of the molecule is CN=C(NCc1cccnc1OCCOC)NC1CCN(C(=O)C2CCCC2)C1.I. The van der Waals surface area contributed by atoms with Crippen LogP contribution in [0.3, 0.4) is 0 Å². The minimum absolute atomic E-state index is 0. The van der Waals surface area contributed by atoms with E-state index < -0.39 is 0 Å². The second-order valence-electron chi connectivity index (χ2n) is 7.63. The lowest BCUT2D eigenvalue weighted by molar-refractivity contribution is -0.134. The molecule has 30 heavy (non-hydrogen) atoms. The summed E-state index contributed by atoms with van der Waals surface area (Å²) in [7, 11) is 3.40. The number of halogens is 1. The van der Waals surface area contributed by atoms with E-state index in [1.807, 2.05) is 17.0 Å². The zero-order valence-electron chi connectivity index (χ0n) is 17.9. The number of aliphatic imine (C=N–C) groups is 1. The Bertz CT molecular complexity index is 697. The summed E-state index contributed by atoms with van der Waals surface area (Å²) in [6, 6.07) is 4.09. The zero-order chi connectivity index (χ0) is 20.5. The van der Waals surface area contributed by atoms with Crippen molar-refractivity contribution in [3.63, 3.8) is 0 Å². The largest absolute Gasteiger partial charge is 0.475 e. The number of aromatic nitrogens is 1. The van der Waals surface area contributed by atoms with E-state index in [1.54, 1.807) is 20.4 Å². The average Bonchev–Trinajstić information content (AvgIpc) is 3.44. The van der Waals surface area contributed by atoms with Crippen molar-refractivity contribution in [1.82, 2.24) is 20.5 Å². The first-order chi connectivity index (χ1) is 14.2. The normalized spacial score (nSPS) is 19.5. The first kappa shape index (κ1) is 24.6. The number of guanidine groups is 1. The van der Waals surface area contributed by atoms with Gasteiger partial charge in [0.2, 0.25) is 11.8 Å². The van der Waals surface area contributed by atoms with Crippen LogP contribution in [-0.2, 0) is 16.1 Å². The molecule has 3 rings (SSSR count). The molecule has 1 unspecified atom stereocenters. The van der Waals surface area contributed by atoms with Crippen LogP contribution >= 0.6 is 24.0 Å². The second kappa shape index (κ2) is 12.9. The summed E-state index contributed by atoms with van der Waals surface area (Å²) in [5, 5.41) is 6.77. The van der Waals surface area contributed by atoms with E-state index in [9.17, 15) is 4.79 Å². The maximum absolute atomic E-state index is 12.6. The molecule has 168 valence electrons. The van der Waals surface area contributed by atoms with Crippen molar-refractivity contribution in [1.29, 1.82) is 0 Å². The van der Waals surface area contributed by atoms with E-state index in [0.29, 0.717) is 31.5 Å². The first-order valence-corrected chi connectivity index (χ1v) is 10.5. The number of carbonyl (C=O) groups excluding carboxylic acids is 1. The highest BCUT2D eigenvalue weighted by Gasteiger charge is 2.32. The molecule has 1 aliphatic heterocycles. The molecule has 0 bridgehead atoms. The van der Waals surface area contributed by atoms with E-state index >= 15 is 0 Å². The van der Waals surface area contributed by atoms with E-state index in [1.165, 1.54) is 12.8 Å². The van der Waals surface area contributed by atoms with E-state index in [4.69, 9.17) is 9.47 Å². The Hall–Kier alpha value is -1.62. The molecule has 9 heteroatoms. The molecule has 2 heterocycles. The number of nitrogens with zero attached hydrogens (tertiary/aromatic N) is 3. The van der Waals surface area contributed by atoms with Crippen molar-refractivity contribution in [2.45, 2.75) is 44.7 Å². The van der Waals surface area contributed by atoms with Gasteiger partial charge >= 0.3 is 0 Å².